The van der Waals surface area contributed by atoms with Crippen molar-refractivity contribution in [1.82, 2.24) is 4.90 Å². The number of nitrogens with one attached hydrogen (secondary N) is 2. The van der Waals surface area contributed by atoms with E-state index in [0.29, 0.717) is 11.5 Å². The average Bonchev–Trinajstić information content (AvgIpc) is 3.10. The maximum Gasteiger partial charge on any atom is 0.257 e. The third-order valence-electron chi connectivity index (χ3n) is 6.25. The lowest BCUT2D eigenvalue weighted by Gasteiger charge is -2.32. The first-order chi connectivity index (χ1) is 14.1. The second kappa shape index (κ2) is 8.67. The number of hydrogen-bond donors (Lipinski definition) is 2. The number of carbonyl (C=O) groups excluding carboxylic acids is 2. The maximum atomic E-state index is 13.5. The Labute approximate surface area is 176 Å². The van der Waals surface area contributed by atoms with E-state index in [9.17, 15) is 9.59 Å². The molecule has 2 N–H and O–H groups in total. The predicted octanol–water partition coefficient (Wildman–Crippen LogP) is 2.49. The van der Waals surface area contributed by atoms with Gasteiger partial charge in [0.15, 0.2) is 0 Å². The van der Waals surface area contributed by atoms with Gasteiger partial charge < -0.3 is 15.1 Å². The summed E-state index contributed by atoms with van der Waals surface area (Å²) in [4.78, 5) is 31.1. The summed E-state index contributed by atoms with van der Waals surface area (Å²) in [6.45, 7) is 9.13. The first kappa shape index (κ1) is 20.1. The molecule has 1 saturated heterocycles. The first-order valence-electron chi connectivity index (χ1n) is 10.7. The van der Waals surface area contributed by atoms with Crippen LogP contribution in [0, 0.1) is 5.92 Å². The monoisotopic (exact) mass is 412 g/mol. The molecule has 2 amide bonds. The van der Waals surface area contributed by atoms with Crippen molar-refractivity contribution in [3.63, 3.8) is 0 Å². The number of piperazine rings is 1. The zero-order valence-electron chi connectivity index (χ0n) is 17.3. The highest BCUT2D eigenvalue weighted by Gasteiger charge is 2.32. The molecule has 0 saturated carbocycles. The van der Waals surface area contributed by atoms with Gasteiger partial charge in [-0.15, -0.1) is 11.3 Å². The van der Waals surface area contributed by atoms with Crippen LogP contribution in [0.5, 0.6) is 0 Å². The number of fused-ring (bicyclic) bond motifs is 1. The average molecular weight is 413 g/mol. The lowest BCUT2D eigenvalue weighted by molar-refractivity contribution is -0.902. The number of anilines is 1. The summed E-state index contributed by atoms with van der Waals surface area (Å²) in [5.41, 5.74) is 2.54. The molecule has 4 rings (SSSR count). The molecular weight excluding hydrogens is 382 g/mol. The summed E-state index contributed by atoms with van der Waals surface area (Å²) in [6.07, 6.45) is 3.02. The van der Waals surface area contributed by atoms with Gasteiger partial charge in [0.05, 0.1) is 38.3 Å². The zero-order valence-corrected chi connectivity index (χ0v) is 18.1. The van der Waals surface area contributed by atoms with Crippen molar-refractivity contribution in [2.75, 3.05) is 38.0 Å². The summed E-state index contributed by atoms with van der Waals surface area (Å²) < 4.78 is 0. The van der Waals surface area contributed by atoms with E-state index in [0.717, 1.165) is 62.6 Å². The fourth-order valence-corrected chi connectivity index (χ4v) is 5.77. The van der Waals surface area contributed by atoms with Crippen LogP contribution >= 0.6 is 11.3 Å². The molecule has 0 spiro atoms. The Morgan fingerprint density at radius 2 is 1.93 bits per heavy atom. The molecule has 1 aromatic heterocycles. The molecule has 2 aromatic rings. The van der Waals surface area contributed by atoms with Crippen LogP contribution < -0.4 is 10.2 Å². The van der Waals surface area contributed by atoms with Crippen molar-refractivity contribution in [3.05, 3.63) is 51.9 Å². The smallest absolute Gasteiger partial charge is 0.257 e. The first-order valence-corrected chi connectivity index (χ1v) is 11.5. The molecule has 1 aromatic carbocycles. The molecule has 2 heterocycles. The number of carbonyl (C=O) groups is 2. The van der Waals surface area contributed by atoms with E-state index in [1.54, 1.807) is 28.4 Å². The quantitative estimate of drug-likeness (QED) is 0.811. The van der Waals surface area contributed by atoms with Crippen LogP contribution in [0.15, 0.2) is 30.3 Å². The van der Waals surface area contributed by atoms with Crippen LogP contribution in [0.3, 0.4) is 0 Å². The fourth-order valence-electron chi connectivity index (χ4n) is 4.37. The number of quaternary nitrogens is 1. The minimum Gasteiger partial charge on any atom is -0.332 e. The molecule has 0 radical (unpaired) electrons. The minimum atomic E-state index is -0.147. The lowest BCUT2D eigenvalue weighted by atomic mass is 9.88. The highest BCUT2D eigenvalue weighted by atomic mass is 32.1. The molecule has 0 unspecified atom stereocenters. The maximum absolute atomic E-state index is 13.5. The number of hydrogen-bond acceptors (Lipinski definition) is 3. The van der Waals surface area contributed by atoms with Crippen LogP contribution in [0.2, 0.25) is 0 Å². The van der Waals surface area contributed by atoms with E-state index in [2.05, 4.69) is 19.2 Å². The third kappa shape index (κ3) is 4.23. The van der Waals surface area contributed by atoms with E-state index in [1.165, 1.54) is 10.4 Å². The summed E-state index contributed by atoms with van der Waals surface area (Å²) in [5, 5.41) is 3.80. The Kier molecular flexibility index (Phi) is 6.01. The molecule has 1 fully saturated rings. The molecule has 1 atom stereocenters. The second-order valence-corrected chi connectivity index (χ2v) is 9.38. The van der Waals surface area contributed by atoms with Crippen LogP contribution in [-0.2, 0) is 12.8 Å². The van der Waals surface area contributed by atoms with E-state index in [4.69, 9.17) is 0 Å². The normalized spacial score (nSPS) is 19.7. The SMILES string of the molecule is CC[NH+]1CCN(C(=O)c2c(NC(=O)c3ccccc3)sc3c2CC[C@@H](C)C3)CC1. The van der Waals surface area contributed by atoms with Crippen molar-refractivity contribution in [1.29, 1.82) is 0 Å². The number of amides is 2. The Morgan fingerprint density at radius 1 is 1.21 bits per heavy atom. The summed E-state index contributed by atoms with van der Waals surface area (Å²) in [5.74, 6) is 0.570. The topological polar surface area (TPSA) is 53.9 Å². The number of nitrogens with zero attached hydrogens (tertiary/aromatic N) is 1. The summed E-state index contributed by atoms with van der Waals surface area (Å²) in [6, 6.07) is 9.22. The molecule has 154 valence electrons. The van der Waals surface area contributed by atoms with Gasteiger partial charge in [-0.25, -0.2) is 0 Å². The molecule has 6 heteroatoms. The Balaban J connectivity index is 1.63. The van der Waals surface area contributed by atoms with Gasteiger partial charge in [-0.1, -0.05) is 25.1 Å². The molecule has 1 aliphatic carbocycles. The van der Waals surface area contributed by atoms with E-state index in [-0.39, 0.29) is 11.8 Å². The molecule has 2 aliphatic rings. The standard InChI is InChI=1S/C23H29N3O2S/c1-3-25-11-13-26(14-12-25)23(28)20-18-10-9-16(2)15-19(18)29-22(20)24-21(27)17-7-5-4-6-8-17/h4-8,16H,3,9-15H2,1-2H3,(H,24,27)/p+1/t16-/m1/s1. The molecule has 1 aliphatic heterocycles. The van der Waals surface area contributed by atoms with Gasteiger partial charge in [-0.2, -0.15) is 0 Å². The van der Waals surface area contributed by atoms with Crippen molar-refractivity contribution in [3.8, 4) is 0 Å². The van der Waals surface area contributed by atoms with Crippen LogP contribution in [0.25, 0.3) is 0 Å². The van der Waals surface area contributed by atoms with Gasteiger partial charge in [0, 0.05) is 10.4 Å². The third-order valence-corrected chi connectivity index (χ3v) is 7.42. The van der Waals surface area contributed by atoms with E-state index in [1.807, 2.05) is 23.1 Å². The van der Waals surface area contributed by atoms with Crippen LogP contribution in [-0.4, -0.2) is 49.4 Å². The van der Waals surface area contributed by atoms with Gasteiger partial charge in [0.25, 0.3) is 11.8 Å². The van der Waals surface area contributed by atoms with Crippen molar-refractivity contribution in [2.45, 2.75) is 33.1 Å². The molecule has 29 heavy (non-hydrogen) atoms. The van der Waals surface area contributed by atoms with E-state index >= 15 is 0 Å². The fraction of sp³-hybridized carbons (Fsp3) is 0.478. The van der Waals surface area contributed by atoms with Gasteiger partial charge in [-0.05, 0) is 49.8 Å². The predicted molar refractivity (Wildman–Crippen MR) is 117 cm³/mol. The Morgan fingerprint density at radius 3 is 2.62 bits per heavy atom. The highest BCUT2D eigenvalue weighted by molar-refractivity contribution is 7.17. The second-order valence-electron chi connectivity index (χ2n) is 8.27. The number of thiophene rings is 1. The van der Waals surface area contributed by atoms with Crippen molar-refractivity contribution < 1.29 is 14.5 Å². The lowest BCUT2D eigenvalue weighted by Crippen LogP contribution is -3.14. The number of likely N-dealkylation sites (N-methyl/N-ethyl adjacent to an activating group) is 1. The van der Waals surface area contributed by atoms with Gasteiger partial charge in [0.1, 0.15) is 5.00 Å². The molecule has 5 nitrogen and oxygen atoms in total. The number of benzene rings is 1. The Bertz CT molecular complexity index is 885. The zero-order chi connectivity index (χ0) is 20.4. The van der Waals surface area contributed by atoms with Crippen molar-refractivity contribution >= 4 is 28.2 Å². The van der Waals surface area contributed by atoms with Crippen LogP contribution in [0.1, 0.15) is 51.4 Å². The number of rotatable bonds is 4. The van der Waals surface area contributed by atoms with Gasteiger partial charge in [0.2, 0.25) is 0 Å². The largest absolute Gasteiger partial charge is 0.332 e. The Hall–Kier alpha value is -2.18. The van der Waals surface area contributed by atoms with Gasteiger partial charge in [-0.3, -0.25) is 9.59 Å². The van der Waals surface area contributed by atoms with Gasteiger partial charge >= 0.3 is 0 Å². The molecule has 0 bridgehead atoms. The highest BCUT2D eigenvalue weighted by Crippen LogP contribution is 2.40. The van der Waals surface area contributed by atoms with E-state index < -0.39 is 0 Å². The molecular formula is C23H30N3O2S+. The minimum absolute atomic E-state index is 0.0931. The summed E-state index contributed by atoms with van der Waals surface area (Å²) in [7, 11) is 0. The summed E-state index contributed by atoms with van der Waals surface area (Å²) >= 11 is 1.60. The van der Waals surface area contributed by atoms with Crippen LogP contribution in [0.4, 0.5) is 5.00 Å². The van der Waals surface area contributed by atoms with Crippen molar-refractivity contribution in [2.24, 2.45) is 5.92 Å².